The number of piperidine rings is 1. The lowest BCUT2D eigenvalue weighted by atomic mass is 9.71. The summed E-state index contributed by atoms with van der Waals surface area (Å²) in [5.74, 6) is 2.86. The summed E-state index contributed by atoms with van der Waals surface area (Å²) in [5, 5.41) is 21.6. The number of rotatable bonds is 15. The summed E-state index contributed by atoms with van der Waals surface area (Å²) in [6.45, 7) is 36.4. The molecular formula is C66H95N7O. The molecule has 74 heavy (non-hydrogen) atoms. The van der Waals surface area contributed by atoms with Crippen LogP contribution in [0.25, 0.3) is 11.1 Å². The average Bonchev–Trinajstić information content (AvgIpc) is 4.14. The zero-order valence-corrected chi connectivity index (χ0v) is 47.4. The first-order valence-corrected chi connectivity index (χ1v) is 28.7. The maximum atomic E-state index is 5.79. The molecular weight excluding hydrogens is 907 g/mol. The van der Waals surface area contributed by atoms with Crippen LogP contribution < -0.4 is 31.9 Å². The van der Waals surface area contributed by atoms with Crippen LogP contribution in [0.3, 0.4) is 0 Å². The molecule has 2 saturated heterocycles. The van der Waals surface area contributed by atoms with Crippen molar-refractivity contribution in [3.05, 3.63) is 166 Å². The van der Waals surface area contributed by atoms with Crippen LogP contribution in [0.1, 0.15) is 174 Å². The summed E-state index contributed by atoms with van der Waals surface area (Å²) in [6.07, 6.45) is 26.0. The minimum Gasteiger partial charge on any atom is -0.376 e. The molecule has 0 aromatic heterocycles. The Hall–Kier alpha value is -5.34. The molecule has 1 spiro atoms. The van der Waals surface area contributed by atoms with Crippen molar-refractivity contribution in [2.75, 3.05) is 20.2 Å². The standard InChI is InChI=1S/C24H36N2.C21H29N3.C21H30N2O/c1-17-22-11-5-4-9-20(22)15-23(17)18(2)25-19(3)26-21-10-8-14-24(16-21)12-6-7-13-24;1-14-10-11-19(13-24(14)5)23-17(4)22-16(3)21-12-18-8-6-7-9-20(18)15(21)2;1-14-19-9-7-6-8-17(19)12-20(14)15(2)22-16(3)23-18-10-11-24-21(4,5)13-18/h9,11,18,21,25-26H,3-8,10,12-16H2,1-2H3;6-9,16,19,22-23H,1,4,10-13H2,2-3,5H3;6-9,15,18,22-23H,3,10-13H2,1-2,4-5H3. The van der Waals surface area contributed by atoms with E-state index in [0.717, 1.165) is 75.6 Å². The number of likely N-dealkylation sites (tertiary alicyclic amines) is 1. The van der Waals surface area contributed by atoms with Gasteiger partial charge in [-0.25, -0.2) is 0 Å². The summed E-state index contributed by atoms with van der Waals surface area (Å²) in [4.78, 5) is 2.23. The maximum absolute atomic E-state index is 5.79. The molecule has 2 saturated carbocycles. The van der Waals surface area contributed by atoms with Crippen molar-refractivity contribution >= 4 is 11.1 Å². The van der Waals surface area contributed by atoms with Crippen LogP contribution >= 0.6 is 0 Å². The van der Waals surface area contributed by atoms with Crippen molar-refractivity contribution in [2.45, 2.75) is 206 Å². The number of fused-ring (bicyclic) bond motifs is 3. The summed E-state index contributed by atoms with van der Waals surface area (Å²) in [5.41, 5.74) is 19.3. The fourth-order valence-corrected chi connectivity index (χ4v) is 14.0. The second-order valence-electron chi connectivity index (χ2n) is 24.2. The molecule has 0 amide bonds. The van der Waals surface area contributed by atoms with E-state index < -0.39 is 0 Å². The Balaban J connectivity index is 0.000000148. The number of nitrogens with zero attached hydrogens (tertiary/aromatic N) is 1. The van der Waals surface area contributed by atoms with Gasteiger partial charge in [-0.15, -0.1) is 0 Å². The second kappa shape index (κ2) is 24.1. The Kier molecular flexibility index (Phi) is 17.9. The number of hydrogen-bond acceptors (Lipinski definition) is 8. The van der Waals surface area contributed by atoms with Crippen LogP contribution in [0.15, 0.2) is 144 Å². The number of likely N-dealkylation sites (N-methyl/N-ethyl adjacent to an activating group) is 1. The lowest BCUT2D eigenvalue weighted by Gasteiger charge is -2.39. The van der Waals surface area contributed by atoms with E-state index in [4.69, 9.17) is 4.74 Å². The minimum atomic E-state index is -0.0476. The van der Waals surface area contributed by atoms with Crippen LogP contribution in [0.2, 0.25) is 0 Å². The van der Waals surface area contributed by atoms with Crippen LogP contribution in [-0.4, -0.2) is 67.0 Å². The Labute approximate surface area is 448 Å². The molecule has 6 aliphatic carbocycles. The van der Waals surface area contributed by atoms with Crippen molar-refractivity contribution < 1.29 is 4.74 Å². The Morgan fingerprint density at radius 2 is 1.12 bits per heavy atom. The second-order valence-corrected chi connectivity index (χ2v) is 24.2. The first-order chi connectivity index (χ1) is 35.4. The number of allylic oxidation sites excluding steroid dienone is 8. The summed E-state index contributed by atoms with van der Waals surface area (Å²) in [7, 11) is 2.11. The smallest absolute Gasteiger partial charge is 0.0919 e. The van der Waals surface area contributed by atoms with Crippen LogP contribution in [-0.2, 0) is 17.6 Å². The van der Waals surface area contributed by atoms with E-state index in [1.165, 1.54) is 126 Å². The molecule has 2 heterocycles. The Morgan fingerprint density at radius 3 is 1.65 bits per heavy atom. The molecule has 2 aliphatic heterocycles. The Bertz CT molecular complexity index is 2560. The molecule has 0 radical (unpaired) electrons. The van der Waals surface area contributed by atoms with E-state index in [0.29, 0.717) is 29.6 Å². The van der Waals surface area contributed by atoms with Crippen molar-refractivity contribution in [3.63, 3.8) is 0 Å². The van der Waals surface area contributed by atoms with Gasteiger partial charge in [0.2, 0.25) is 0 Å². The molecule has 8 nitrogen and oxygen atoms in total. The highest BCUT2D eigenvalue weighted by atomic mass is 16.5. The molecule has 2 aromatic carbocycles. The molecule has 4 fully saturated rings. The van der Waals surface area contributed by atoms with Crippen LogP contribution in [0.4, 0.5) is 0 Å². The van der Waals surface area contributed by atoms with Gasteiger partial charge in [0.05, 0.1) is 23.1 Å². The summed E-state index contributed by atoms with van der Waals surface area (Å²) >= 11 is 0. The van der Waals surface area contributed by atoms with E-state index in [1.807, 2.05) is 0 Å². The van der Waals surface area contributed by atoms with E-state index in [2.05, 4.69) is 186 Å². The van der Waals surface area contributed by atoms with Crippen molar-refractivity contribution in [3.8, 4) is 0 Å². The van der Waals surface area contributed by atoms with E-state index >= 15 is 0 Å². The van der Waals surface area contributed by atoms with Crippen LogP contribution in [0.5, 0.6) is 0 Å². The fraction of sp³-hybridized carbons (Fsp3) is 0.545. The third-order valence-electron chi connectivity index (χ3n) is 18.1. The highest BCUT2D eigenvalue weighted by molar-refractivity contribution is 5.76. The Morgan fingerprint density at radius 1 is 0.622 bits per heavy atom. The van der Waals surface area contributed by atoms with Gasteiger partial charge in [-0.2, -0.15) is 0 Å². The van der Waals surface area contributed by atoms with Crippen molar-refractivity contribution in [2.24, 2.45) is 5.41 Å². The maximum Gasteiger partial charge on any atom is 0.0919 e. The molecule has 6 atom stereocenters. The quantitative estimate of drug-likeness (QED) is 0.105. The molecule has 400 valence electrons. The highest BCUT2D eigenvalue weighted by Crippen LogP contribution is 2.49. The predicted octanol–water partition coefficient (Wildman–Crippen LogP) is 13.6. The first-order valence-electron chi connectivity index (χ1n) is 28.7. The van der Waals surface area contributed by atoms with E-state index in [-0.39, 0.29) is 17.7 Å². The van der Waals surface area contributed by atoms with E-state index in [1.54, 1.807) is 11.1 Å². The van der Waals surface area contributed by atoms with Gasteiger partial charge in [-0.05, 0) is 218 Å². The molecule has 8 aliphatic rings. The van der Waals surface area contributed by atoms with E-state index in [9.17, 15) is 0 Å². The molecule has 6 N–H and O–H groups in total. The zero-order chi connectivity index (χ0) is 52.7. The highest BCUT2D eigenvalue weighted by Gasteiger charge is 2.39. The molecule has 0 bridgehead atoms. The lowest BCUT2D eigenvalue weighted by molar-refractivity contribution is -0.0618. The number of hydrogen-bond donors (Lipinski definition) is 6. The number of nitrogens with one attached hydrogen (secondary N) is 6. The first kappa shape index (κ1) is 54.9. The predicted molar refractivity (Wildman–Crippen MR) is 314 cm³/mol. The van der Waals surface area contributed by atoms with Crippen LogP contribution in [0, 0.1) is 5.41 Å². The third kappa shape index (κ3) is 13.5. The largest absolute Gasteiger partial charge is 0.376 e. The van der Waals surface area contributed by atoms with Gasteiger partial charge in [-0.3, -0.25) is 0 Å². The SMILES string of the molecule is C=C(NC1CCC(=C)N(C)C1)NC(C)C1=C(C)c2ccccc2C1.C=C(NC1CCCC2(CCCC2)C1)NC(C)C1=C(C)C2=CCCC=C2C1.C=C(NC1CCOC(C)(C)C1)NC(C)C1=C(C)c2ccccc2C1. The average molecular weight is 1000 g/mol. The molecule has 8 heteroatoms. The third-order valence-corrected chi connectivity index (χ3v) is 18.1. The van der Waals surface area contributed by atoms with Crippen molar-refractivity contribution in [1.82, 2.24) is 36.8 Å². The van der Waals surface area contributed by atoms with Gasteiger partial charge in [0.1, 0.15) is 0 Å². The van der Waals surface area contributed by atoms with Gasteiger partial charge in [0.25, 0.3) is 0 Å². The van der Waals surface area contributed by atoms with Gasteiger partial charge >= 0.3 is 0 Å². The van der Waals surface area contributed by atoms with Crippen molar-refractivity contribution in [1.29, 1.82) is 0 Å². The monoisotopic (exact) mass is 1000 g/mol. The molecule has 2 aromatic rings. The van der Waals surface area contributed by atoms with Gasteiger partial charge in [-0.1, -0.05) is 106 Å². The number of benzene rings is 2. The zero-order valence-electron chi connectivity index (χ0n) is 47.4. The minimum absolute atomic E-state index is 0.0476. The summed E-state index contributed by atoms with van der Waals surface area (Å²) in [6, 6.07) is 19.8. The van der Waals surface area contributed by atoms with Gasteiger partial charge in [0, 0.05) is 62.1 Å². The summed E-state index contributed by atoms with van der Waals surface area (Å²) < 4.78 is 5.79. The normalized spacial score (nSPS) is 24.6. The number of ether oxygens (including phenoxy) is 1. The van der Waals surface area contributed by atoms with Gasteiger partial charge < -0.3 is 41.5 Å². The lowest BCUT2D eigenvalue weighted by Crippen LogP contribution is -2.46. The molecule has 10 rings (SSSR count). The fourth-order valence-electron chi connectivity index (χ4n) is 14.0. The van der Waals surface area contributed by atoms with Gasteiger partial charge in [0.15, 0.2) is 0 Å². The molecule has 6 unspecified atom stereocenters. The topological polar surface area (TPSA) is 84.7 Å².